The molecule has 2 rings (SSSR count). The summed E-state index contributed by atoms with van der Waals surface area (Å²) in [6.07, 6.45) is 1.68. The first-order chi connectivity index (χ1) is 8.54. The second kappa shape index (κ2) is 5.26. The zero-order valence-electron chi connectivity index (χ0n) is 11.3. The highest BCUT2D eigenvalue weighted by molar-refractivity contribution is 5.90. The first-order valence-electron chi connectivity index (χ1n) is 6.66. The Balaban J connectivity index is 2.11. The number of amides is 1. The third-order valence-corrected chi connectivity index (χ3v) is 3.88. The van der Waals surface area contributed by atoms with Crippen LogP contribution in [-0.2, 0) is 14.3 Å². The minimum absolute atomic E-state index is 0.0635. The number of carbonyl (C=O) groups is 2. The fraction of sp³-hybridized carbons (Fsp3) is 0.846. The lowest BCUT2D eigenvalue weighted by Crippen LogP contribution is -2.47. The van der Waals surface area contributed by atoms with Crippen LogP contribution in [0.5, 0.6) is 0 Å². The first kappa shape index (κ1) is 13.3. The van der Waals surface area contributed by atoms with Gasteiger partial charge in [-0.15, -0.1) is 0 Å². The van der Waals surface area contributed by atoms with Crippen molar-refractivity contribution in [3.63, 3.8) is 0 Å². The molecule has 102 valence electrons. The topological polar surface area (TPSA) is 58.6 Å². The quantitative estimate of drug-likeness (QED) is 0.738. The molecule has 0 aromatic heterocycles. The summed E-state index contributed by atoms with van der Waals surface area (Å²) in [7, 11) is 1.38. The minimum atomic E-state index is -0.421. The van der Waals surface area contributed by atoms with Crippen LogP contribution in [0.15, 0.2) is 0 Å². The predicted molar refractivity (Wildman–Crippen MR) is 66.9 cm³/mol. The Morgan fingerprint density at radius 3 is 2.83 bits per heavy atom. The van der Waals surface area contributed by atoms with Gasteiger partial charge in [0.25, 0.3) is 0 Å². The molecule has 0 saturated carbocycles. The number of nitrogens with one attached hydrogen (secondary N) is 1. The highest BCUT2D eigenvalue weighted by Crippen LogP contribution is 2.29. The normalized spacial score (nSPS) is 28.7. The Morgan fingerprint density at radius 2 is 2.28 bits per heavy atom. The molecule has 0 radical (unpaired) electrons. The largest absolute Gasteiger partial charge is 0.467 e. The van der Waals surface area contributed by atoms with Gasteiger partial charge in [-0.05, 0) is 25.3 Å². The van der Waals surface area contributed by atoms with E-state index in [-0.39, 0.29) is 17.9 Å². The summed E-state index contributed by atoms with van der Waals surface area (Å²) in [6.45, 7) is 5.69. The SMILES string of the molecule is COC(=O)[C@@H](CC(C)C)N1C[C@@H]2CCN[C@@H]2C1=O. The van der Waals surface area contributed by atoms with Crippen molar-refractivity contribution in [2.75, 3.05) is 20.2 Å². The molecule has 5 nitrogen and oxygen atoms in total. The summed E-state index contributed by atoms with van der Waals surface area (Å²) in [6, 6.07) is -0.501. The van der Waals surface area contributed by atoms with Crippen LogP contribution in [-0.4, -0.2) is 49.1 Å². The molecule has 18 heavy (non-hydrogen) atoms. The van der Waals surface area contributed by atoms with E-state index in [1.807, 2.05) is 0 Å². The van der Waals surface area contributed by atoms with Gasteiger partial charge in [0.15, 0.2) is 0 Å². The van der Waals surface area contributed by atoms with Gasteiger partial charge in [0, 0.05) is 12.5 Å². The number of likely N-dealkylation sites (tertiary alicyclic amines) is 1. The minimum Gasteiger partial charge on any atom is -0.467 e. The summed E-state index contributed by atoms with van der Waals surface area (Å²) >= 11 is 0. The highest BCUT2D eigenvalue weighted by atomic mass is 16.5. The summed E-state index contributed by atoms with van der Waals surface area (Å²) in [5, 5.41) is 3.22. The zero-order chi connectivity index (χ0) is 13.3. The molecule has 2 heterocycles. The molecular formula is C13H22N2O3. The van der Waals surface area contributed by atoms with Crippen LogP contribution < -0.4 is 5.32 Å². The number of hydrogen-bond acceptors (Lipinski definition) is 4. The van der Waals surface area contributed by atoms with Crippen LogP contribution in [0.1, 0.15) is 26.7 Å². The lowest BCUT2D eigenvalue weighted by atomic mass is 10.0. The van der Waals surface area contributed by atoms with Gasteiger partial charge in [0.2, 0.25) is 5.91 Å². The van der Waals surface area contributed by atoms with E-state index in [2.05, 4.69) is 19.2 Å². The fourth-order valence-electron chi connectivity index (χ4n) is 2.98. The van der Waals surface area contributed by atoms with Gasteiger partial charge in [-0.25, -0.2) is 4.79 Å². The molecular weight excluding hydrogens is 232 g/mol. The number of fused-ring (bicyclic) bond motifs is 1. The Kier molecular flexibility index (Phi) is 3.90. The van der Waals surface area contributed by atoms with E-state index < -0.39 is 6.04 Å². The number of ether oxygens (including phenoxy) is 1. The maximum atomic E-state index is 12.3. The van der Waals surface area contributed by atoms with E-state index in [4.69, 9.17) is 4.74 Å². The van der Waals surface area contributed by atoms with E-state index in [1.165, 1.54) is 7.11 Å². The summed E-state index contributed by atoms with van der Waals surface area (Å²) in [4.78, 5) is 25.9. The average molecular weight is 254 g/mol. The number of carbonyl (C=O) groups excluding carboxylic acids is 2. The molecule has 0 aliphatic carbocycles. The molecule has 2 aliphatic rings. The van der Waals surface area contributed by atoms with Crippen molar-refractivity contribution >= 4 is 11.9 Å². The maximum absolute atomic E-state index is 12.3. The van der Waals surface area contributed by atoms with Crippen molar-refractivity contribution < 1.29 is 14.3 Å². The molecule has 2 saturated heterocycles. The predicted octanol–water partition coefficient (Wildman–Crippen LogP) is 0.394. The van der Waals surface area contributed by atoms with Crippen LogP contribution in [0.4, 0.5) is 0 Å². The van der Waals surface area contributed by atoms with Crippen molar-refractivity contribution in [3.05, 3.63) is 0 Å². The molecule has 0 aromatic carbocycles. The Morgan fingerprint density at radius 1 is 1.56 bits per heavy atom. The fourth-order valence-corrected chi connectivity index (χ4v) is 2.98. The van der Waals surface area contributed by atoms with Gasteiger partial charge in [-0.1, -0.05) is 13.8 Å². The number of methoxy groups -OCH3 is 1. The number of rotatable bonds is 4. The zero-order valence-corrected chi connectivity index (χ0v) is 11.3. The second-order valence-corrected chi connectivity index (χ2v) is 5.64. The lowest BCUT2D eigenvalue weighted by Gasteiger charge is -2.27. The molecule has 1 N–H and O–H groups in total. The molecule has 0 unspecified atom stereocenters. The Bertz CT molecular complexity index is 343. The number of nitrogens with zero attached hydrogens (tertiary/aromatic N) is 1. The van der Waals surface area contributed by atoms with Crippen LogP contribution >= 0.6 is 0 Å². The molecule has 0 bridgehead atoms. The van der Waals surface area contributed by atoms with Crippen molar-refractivity contribution in [1.29, 1.82) is 0 Å². The van der Waals surface area contributed by atoms with Gasteiger partial charge in [0.1, 0.15) is 6.04 Å². The average Bonchev–Trinajstić information content (AvgIpc) is 2.89. The van der Waals surface area contributed by atoms with E-state index in [9.17, 15) is 9.59 Å². The van der Waals surface area contributed by atoms with Crippen LogP contribution in [0.3, 0.4) is 0 Å². The second-order valence-electron chi connectivity index (χ2n) is 5.64. The van der Waals surface area contributed by atoms with Crippen LogP contribution in [0, 0.1) is 11.8 Å². The Labute approximate surface area is 108 Å². The van der Waals surface area contributed by atoms with Gasteiger partial charge >= 0.3 is 5.97 Å². The standard InChI is InChI=1S/C13H22N2O3/c1-8(2)6-10(13(17)18-3)15-7-9-4-5-14-11(9)12(15)16/h8-11,14H,4-7H2,1-3H3/t9-,10+,11-/m0/s1. The van der Waals surface area contributed by atoms with E-state index in [0.717, 1.165) is 13.0 Å². The van der Waals surface area contributed by atoms with Gasteiger partial charge in [-0.3, -0.25) is 4.79 Å². The molecule has 5 heteroatoms. The van der Waals surface area contributed by atoms with Crippen molar-refractivity contribution in [2.45, 2.75) is 38.8 Å². The van der Waals surface area contributed by atoms with E-state index in [0.29, 0.717) is 24.8 Å². The van der Waals surface area contributed by atoms with Gasteiger partial charge < -0.3 is 15.0 Å². The molecule has 2 aliphatic heterocycles. The molecule has 0 aromatic rings. The molecule has 3 atom stereocenters. The smallest absolute Gasteiger partial charge is 0.328 e. The monoisotopic (exact) mass is 254 g/mol. The number of esters is 1. The molecule has 1 amide bonds. The van der Waals surface area contributed by atoms with Gasteiger partial charge in [-0.2, -0.15) is 0 Å². The lowest BCUT2D eigenvalue weighted by molar-refractivity contribution is -0.152. The van der Waals surface area contributed by atoms with Crippen molar-refractivity contribution in [3.8, 4) is 0 Å². The van der Waals surface area contributed by atoms with Crippen molar-refractivity contribution in [2.24, 2.45) is 11.8 Å². The van der Waals surface area contributed by atoms with Crippen LogP contribution in [0.25, 0.3) is 0 Å². The van der Waals surface area contributed by atoms with Crippen molar-refractivity contribution in [1.82, 2.24) is 10.2 Å². The Hall–Kier alpha value is -1.10. The number of hydrogen-bond donors (Lipinski definition) is 1. The molecule has 0 spiro atoms. The summed E-state index contributed by atoms with van der Waals surface area (Å²) < 4.78 is 4.84. The van der Waals surface area contributed by atoms with E-state index in [1.54, 1.807) is 4.90 Å². The maximum Gasteiger partial charge on any atom is 0.328 e. The van der Waals surface area contributed by atoms with Gasteiger partial charge in [0.05, 0.1) is 13.2 Å². The first-order valence-corrected chi connectivity index (χ1v) is 6.66. The third-order valence-electron chi connectivity index (χ3n) is 3.88. The highest BCUT2D eigenvalue weighted by Gasteiger charge is 2.47. The van der Waals surface area contributed by atoms with E-state index >= 15 is 0 Å². The molecule has 2 fully saturated rings. The third kappa shape index (κ3) is 2.36. The summed E-state index contributed by atoms with van der Waals surface area (Å²) in [5.74, 6) is 0.484. The summed E-state index contributed by atoms with van der Waals surface area (Å²) in [5.41, 5.74) is 0. The van der Waals surface area contributed by atoms with Crippen LogP contribution in [0.2, 0.25) is 0 Å².